The van der Waals surface area contributed by atoms with E-state index in [1.807, 2.05) is 54.6 Å². The lowest BCUT2D eigenvalue weighted by Crippen LogP contribution is -2.14. The van der Waals surface area contributed by atoms with Crippen molar-refractivity contribution in [2.75, 3.05) is 27.4 Å². The molecule has 6 aromatic heterocycles. The summed E-state index contributed by atoms with van der Waals surface area (Å²) in [7, 11) is 0. The summed E-state index contributed by atoms with van der Waals surface area (Å²) in [6.07, 6.45) is 4.29. The predicted molar refractivity (Wildman–Crippen MR) is 306 cm³/mol. The first-order valence-electron chi connectivity index (χ1n) is 22.7. The number of rotatable bonds is 11. The SMILES string of the molecule is Clc1ncnc2cc(Br)ccc12.Nc1cc(CC(=O)O)[nH]n1.Nc1cccc(F)c1.O=C(Cc1cc(Nc2ncnc3cc(Br)ccc23)n[nH]1)Nc1cccc(F)c1.O=C(O)Cc1cc(Nc2ncnc3cc(Br)ccc23)n[nH]1. The van der Waals surface area contributed by atoms with E-state index in [4.69, 9.17) is 33.3 Å². The van der Waals surface area contributed by atoms with E-state index >= 15 is 0 Å². The molecule has 402 valence electrons. The van der Waals surface area contributed by atoms with Gasteiger partial charge >= 0.3 is 11.9 Å². The van der Waals surface area contributed by atoms with Gasteiger partial charge in [0.15, 0.2) is 11.6 Å². The van der Waals surface area contributed by atoms with E-state index in [2.05, 4.69) is 124 Å². The number of nitrogens with zero attached hydrogens (tertiary/aromatic N) is 9. The fourth-order valence-electron chi connectivity index (χ4n) is 6.78. The number of benzene rings is 5. The normalized spacial score (nSPS) is 10.4. The number of carboxylic acids is 2. The van der Waals surface area contributed by atoms with E-state index in [0.29, 0.717) is 62.7 Å². The molecule has 0 saturated carbocycles. The van der Waals surface area contributed by atoms with Crippen LogP contribution in [0.15, 0.2) is 154 Å². The van der Waals surface area contributed by atoms with Gasteiger partial charge in [0.05, 0.1) is 35.8 Å². The molecule has 28 heteroatoms. The molecule has 0 atom stereocenters. The highest BCUT2D eigenvalue weighted by Crippen LogP contribution is 2.27. The number of carbonyl (C=O) groups is 3. The Labute approximate surface area is 475 Å². The van der Waals surface area contributed by atoms with Gasteiger partial charge in [0.1, 0.15) is 53.2 Å². The molecule has 0 spiro atoms. The minimum absolute atomic E-state index is 0.0653. The summed E-state index contributed by atoms with van der Waals surface area (Å²) in [5, 5.41) is 48.6. The van der Waals surface area contributed by atoms with Crippen LogP contribution in [0.5, 0.6) is 0 Å². The zero-order valence-electron chi connectivity index (χ0n) is 40.5. The van der Waals surface area contributed by atoms with E-state index in [0.717, 1.165) is 46.1 Å². The molecule has 0 aliphatic rings. The monoisotopic (exact) mass is 1280 g/mol. The maximum atomic E-state index is 13.2. The predicted octanol–water partition coefficient (Wildman–Crippen LogP) is 10.7. The molecule has 22 nitrogen and oxygen atoms in total. The summed E-state index contributed by atoms with van der Waals surface area (Å²) in [6.45, 7) is 0. The van der Waals surface area contributed by atoms with Gasteiger partial charge < -0.3 is 37.6 Å². The van der Waals surface area contributed by atoms with Crippen LogP contribution in [-0.2, 0) is 33.6 Å². The number of nitrogens with two attached hydrogens (primary N) is 2. The summed E-state index contributed by atoms with van der Waals surface area (Å²) in [6, 6.07) is 33.5. The van der Waals surface area contributed by atoms with Crippen molar-refractivity contribution in [1.82, 2.24) is 60.5 Å². The second-order valence-corrected chi connectivity index (χ2v) is 19.3. The summed E-state index contributed by atoms with van der Waals surface area (Å²) >= 11 is 16.0. The van der Waals surface area contributed by atoms with E-state index in [9.17, 15) is 23.2 Å². The Morgan fingerprint density at radius 2 is 0.987 bits per heavy atom. The van der Waals surface area contributed by atoms with E-state index in [-0.39, 0.29) is 31.0 Å². The van der Waals surface area contributed by atoms with Crippen LogP contribution in [0.4, 0.5) is 49.2 Å². The molecular formula is C51H41Br3ClF2N17O5. The molecule has 0 fully saturated rings. The van der Waals surface area contributed by atoms with Crippen molar-refractivity contribution in [3.05, 3.63) is 188 Å². The van der Waals surface area contributed by atoms with Gasteiger partial charge in [-0.1, -0.05) is 71.5 Å². The van der Waals surface area contributed by atoms with Gasteiger partial charge in [0, 0.05) is 76.2 Å². The van der Waals surface area contributed by atoms with Gasteiger partial charge in [-0.2, -0.15) is 15.3 Å². The van der Waals surface area contributed by atoms with Crippen LogP contribution in [0.2, 0.25) is 5.15 Å². The number of aliphatic carboxylic acids is 2. The average Bonchev–Trinajstić information content (AvgIpc) is 4.18. The van der Waals surface area contributed by atoms with Gasteiger partial charge in [0.25, 0.3) is 0 Å². The van der Waals surface area contributed by atoms with Crippen LogP contribution in [0.3, 0.4) is 0 Å². The summed E-state index contributed by atoms with van der Waals surface area (Å²) in [5.41, 5.74) is 15.4. The van der Waals surface area contributed by atoms with Gasteiger partial charge in [0.2, 0.25) is 5.91 Å². The van der Waals surface area contributed by atoms with Crippen LogP contribution >= 0.6 is 59.4 Å². The Kier molecular flexibility index (Phi) is 20.3. The molecule has 11 aromatic rings. The van der Waals surface area contributed by atoms with Crippen molar-refractivity contribution < 1.29 is 33.4 Å². The van der Waals surface area contributed by atoms with Crippen molar-refractivity contribution >= 4 is 150 Å². The van der Waals surface area contributed by atoms with E-state index < -0.39 is 17.8 Å². The van der Waals surface area contributed by atoms with Gasteiger partial charge in [-0.3, -0.25) is 29.7 Å². The molecule has 0 unspecified atom stereocenters. The second-order valence-electron chi connectivity index (χ2n) is 16.1. The average molecular weight is 1290 g/mol. The summed E-state index contributed by atoms with van der Waals surface area (Å²) in [5.74, 6) is -0.216. The van der Waals surface area contributed by atoms with Crippen molar-refractivity contribution in [2.45, 2.75) is 19.3 Å². The van der Waals surface area contributed by atoms with Crippen molar-refractivity contribution in [1.29, 1.82) is 0 Å². The number of halogens is 6. The van der Waals surface area contributed by atoms with Crippen molar-refractivity contribution in [3.8, 4) is 0 Å². The lowest BCUT2D eigenvalue weighted by atomic mass is 10.2. The Bertz CT molecular complexity index is 3890. The zero-order chi connectivity index (χ0) is 56.4. The number of carbonyl (C=O) groups excluding carboxylic acids is 1. The molecular weight excluding hydrogens is 1240 g/mol. The number of anilines is 7. The first-order chi connectivity index (χ1) is 37.9. The number of aromatic amines is 3. The number of amides is 1. The number of hydrogen-bond acceptors (Lipinski definition) is 16. The number of fused-ring (bicyclic) bond motifs is 3. The minimum Gasteiger partial charge on any atom is -0.481 e. The molecule has 11 rings (SSSR count). The minimum atomic E-state index is -0.914. The quantitative estimate of drug-likeness (QED) is 0.0425. The number of H-pyrrole nitrogens is 3. The number of aromatic nitrogens is 12. The van der Waals surface area contributed by atoms with Crippen molar-refractivity contribution in [3.63, 3.8) is 0 Å². The Morgan fingerprint density at radius 3 is 1.46 bits per heavy atom. The third kappa shape index (κ3) is 18.0. The van der Waals surface area contributed by atoms with E-state index in [1.165, 1.54) is 55.4 Å². The highest BCUT2D eigenvalue weighted by atomic mass is 79.9. The molecule has 0 radical (unpaired) electrons. The van der Waals surface area contributed by atoms with E-state index in [1.54, 1.807) is 30.3 Å². The van der Waals surface area contributed by atoms with Crippen LogP contribution in [0, 0.1) is 11.6 Å². The number of nitrogens with one attached hydrogen (secondary N) is 6. The third-order valence-electron chi connectivity index (χ3n) is 10.1. The topological polar surface area (TPSA) is 343 Å². The Hall–Kier alpha value is -9.05. The molecule has 0 bridgehead atoms. The summed E-state index contributed by atoms with van der Waals surface area (Å²) < 4.78 is 28.1. The fraction of sp³-hybridized carbons (Fsp3) is 0.0588. The number of nitrogen functional groups attached to an aromatic ring is 2. The fourth-order valence-corrected chi connectivity index (χ4v) is 8.03. The number of hydrogen-bond donors (Lipinski definition) is 10. The lowest BCUT2D eigenvalue weighted by molar-refractivity contribution is -0.137. The highest BCUT2D eigenvalue weighted by molar-refractivity contribution is 9.11. The molecule has 0 saturated heterocycles. The maximum absolute atomic E-state index is 13.2. The molecule has 1 amide bonds. The molecule has 6 heterocycles. The largest absolute Gasteiger partial charge is 0.481 e. The maximum Gasteiger partial charge on any atom is 0.309 e. The Balaban J connectivity index is 0.000000155. The summed E-state index contributed by atoms with van der Waals surface area (Å²) in [4.78, 5) is 57.7. The molecule has 12 N–H and O–H groups in total. The molecule has 5 aromatic carbocycles. The highest BCUT2D eigenvalue weighted by Gasteiger charge is 2.12. The molecule has 0 aliphatic heterocycles. The molecule has 0 aliphatic carbocycles. The van der Waals surface area contributed by atoms with Gasteiger partial charge in [-0.25, -0.2) is 38.7 Å². The zero-order valence-corrected chi connectivity index (χ0v) is 46.0. The van der Waals surface area contributed by atoms with Gasteiger partial charge in [-0.15, -0.1) is 0 Å². The number of carboxylic acid groups (broad SMARTS) is 2. The standard InChI is InChI=1S/C19H14BrFN6O.C13H10BrN5O2.C8H4BrClN2.C6H6FN.C5H7N3O2/c20-11-4-5-15-16(6-11)22-10-23-19(15)25-17-8-14(26-27-17)9-18(28)24-13-3-1-2-12(21)7-13;14-7-1-2-9-10(3-7)15-6-16-13(9)17-11-4-8(18-19-11)5-12(20)21;9-5-1-2-6-7(3-5)11-4-12-8(6)10;7-5-2-1-3-6(8)4-5;6-4-1-3(7-8-4)2-5(9)10/h1-8,10H,9H2,(H,24,28)(H2,22,23,25,26,27);1-4,6H,5H2,(H,20,21)(H2,15,16,17,18,19);1-4H;1-4H,8H2;1H,2H2,(H,9,10)(H3,6,7,8). The van der Waals surface area contributed by atoms with Crippen LogP contribution in [-0.4, -0.2) is 88.6 Å². The smallest absolute Gasteiger partial charge is 0.309 e. The first kappa shape index (κ1) is 57.7. The third-order valence-corrected chi connectivity index (χ3v) is 11.9. The Morgan fingerprint density at radius 1 is 0.532 bits per heavy atom. The van der Waals surface area contributed by atoms with Gasteiger partial charge in [-0.05, 0) is 91.0 Å². The second kappa shape index (κ2) is 27.8. The van der Waals surface area contributed by atoms with Crippen LogP contribution < -0.4 is 27.4 Å². The van der Waals surface area contributed by atoms with Crippen LogP contribution in [0.25, 0.3) is 32.7 Å². The lowest BCUT2D eigenvalue weighted by Gasteiger charge is -2.05. The first-order valence-corrected chi connectivity index (χ1v) is 25.5. The molecule has 79 heavy (non-hydrogen) atoms. The van der Waals surface area contributed by atoms with Crippen molar-refractivity contribution in [2.24, 2.45) is 0 Å². The van der Waals surface area contributed by atoms with Crippen LogP contribution in [0.1, 0.15) is 17.1 Å².